The first-order valence-electron chi connectivity index (χ1n) is 3.20. The van der Waals surface area contributed by atoms with E-state index in [2.05, 4.69) is 16.5 Å². The number of thioether (sulfide) groups is 1. The van der Waals surface area contributed by atoms with Crippen molar-refractivity contribution >= 4 is 11.8 Å². The zero-order valence-corrected chi connectivity index (χ0v) is 7.62. The molecule has 0 aliphatic heterocycles. The van der Waals surface area contributed by atoms with Gasteiger partial charge in [-0.25, -0.2) is 4.98 Å². The maximum absolute atomic E-state index is 4.35. The van der Waals surface area contributed by atoms with E-state index < -0.39 is 0 Å². The third kappa shape index (κ3) is 1.06. The van der Waals surface area contributed by atoms with Crippen LogP contribution in [0.4, 0.5) is 0 Å². The highest BCUT2D eigenvalue weighted by Crippen LogP contribution is 2.15. The van der Waals surface area contributed by atoms with Crippen LogP contribution in [0.5, 0.6) is 0 Å². The van der Waals surface area contributed by atoms with E-state index in [-0.39, 0.29) is 0 Å². The normalized spacial score (nSPS) is 10.4. The molecule has 0 atom stereocenters. The molecule has 2 nitrogen and oxygen atoms in total. The number of imidazole rings is 1. The molecule has 0 fully saturated rings. The van der Waals surface area contributed by atoms with E-state index in [1.54, 1.807) is 11.8 Å². The van der Waals surface area contributed by atoms with Gasteiger partial charge >= 0.3 is 0 Å². The summed E-state index contributed by atoms with van der Waals surface area (Å²) < 4.78 is 2.11. The predicted molar refractivity (Wildman–Crippen MR) is 44.5 cm³/mol. The molecule has 0 amide bonds. The number of hydrogen-bond acceptors (Lipinski definition) is 2. The largest absolute Gasteiger partial charge is 0.326 e. The maximum atomic E-state index is 4.35. The van der Waals surface area contributed by atoms with Crippen LogP contribution in [0.3, 0.4) is 0 Å². The summed E-state index contributed by atoms with van der Waals surface area (Å²) in [6.45, 7) is 4.12. The molecule has 1 rings (SSSR count). The van der Waals surface area contributed by atoms with Crippen LogP contribution in [0.1, 0.15) is 11.4 Å². The second kappa shape index (κ2) is 2.66. The summed E-state index contributed by atoms with van der Waals surface area (Å²) in [7, 11) is 2.04. The quantitative estimate of drug-likeness (QED) is 0.577. The Morgan fingerprint density at radius 1 is 1.40 bits per heavy atom. The van der Waals surface area contributed by atoms with Crippen molar-refractivity contribution < 1.29 is 0 Å². The van der Waals surface area contributed by atoms with Gasteiger partial charge in [-0.05, 0) is 20.1 Å². The van der Waals surface area contributed by atoms with Gasteiger partial charge in [-0.3, -0.25) is 0 Å². The molecule has 0 aliphatic carbocycles. The van der Waals surface area contributed by atoms with Crippen LogP contribution in [-0.4, -0.2) is 15.8 Å². The molecule has 0 saturated carbocycles. The molecule has 0 saturated heterocycles. The molecule has 0 bridgehead atoms. The molecular weight excluding hydrogens is 144 g/mol. The summed E-state index contributed by atoms with van der Waals surface area (Å²) in [5.74, 6) is 0. The van der Waals surface area contributed by atoms with Gasteiger partial charge in [-0.2, -0.15) is 0 Å². The summed E-state index contributed by atoms with van der Waals surface area (Å²) in [4.78, 5) is 4.35. The van der Waals surface area contributed by atoms with Crippen molar-refractivity contribution in [2.75, 3.05) is 6.26 Å². The average molecular weight is 156 g/mol. The maximum Gasteiger partial charge on any atom is 0.167 e. The van der Waals surface area contributed by atoms with E-state index in [0.717, 1.165) is 10.9 Å². The first-order valence-corrected chi connectivity index (χ1v) is 4.43. The molecule has 56 valence electrons. The van der Waals surface area contributed by atoms with Gasteiger partial charge in [0.1, 0.15) is 0 Å². The van der Waals surface area contributed by atoms with Crippen molar-refractivity contribution in [2.45, 2.75) is 19.0 Å². The van der Waals surface area contributed by atoms with Gasteiger partial charge in [0, 0.05) is 12.7 Å². The minimum Gasteiger partial charge on any atom is -0.326 e. The van der Waals surface area contributed by atoms with Crippen LogP contribution in [0, 0.1) is 13.8 Å². The zero-order valence-electron chi connectivity index (χ0n) is 6.80. The monoisotopic (exact) mass is 156 g/mol. The molecule has 1 aromatic rings. The summed E-state index contributed by atoms with van der Waals surface area (Å²) in [5, 5.41) is 1.09. The second-order valence-electron chi connectivity index (χ2n) is 2.33. The Labute approximate surface area is 65.7 Å². The fourth-order valence-corrected chi connectivity index (χ4v) is 1.51. The molecule has 10 heavy (non-hydrogen) atoms. The van der Waals surface area contributed by atoms with Crippen molar-refractivity contribution in [1.29, 1.82) is 0 Å². The van der Waals surface area contributed by atoms with Crippen molar-refractivity contribution in [2.24, 2.45) is 7.05 Å². The molecule has 0 radical (unpaired) electrons. The van der Waals surface area contributed by atoms with Crippen LogP contribution in [0.25, 0.3) is 0 Å². The Morgan fingerprint density at radius 2 is 2.00 bits per heavy atom. The second-order valence-corrected chi connectivity index (χ2v) is 3.10. The van der Waals surface area contributed by atoms with Gasteiger partial charge in [-0.1, -0.05) is 11.8 Å². The number of aromatic nitrogens is 2. The van der Waals surface area contributed by atoms with E-state index in [4.69, 9.17) is 0 Å². The molecule has 0 spiro atoms. The first-order chi connectivity index (χ1) is 4.66. The van der Waals surface area contributed by atoms with Crippen molar-refractivity contribution in [1.82, 2.24) is 9.55 Å². The van der Waals surface area contributed by atoms with E-state index in [1.165, 1.54) is 5.69 Å². The fraction of sp³-hybridized carbons (Fsp3) is 0.571. The molecule has 0 aromatic carbocycles. The van der Waals surface area contributed by atoms with Gasteiger partial charge in [0.05, 0.1) is 5.69 Å². The number of rotatable bonds is 1. The lowest BCUT2D eigenvalue weighted by atomic mass is 10.4. The molecule has 3 heteroatoms. The van der Waals surface area contributed by atoms with Crippen LogP contribution in [-0.2, 0) is 7.05 Å². The third-order valence-electron chi connectivity index (χ3n) is 1.76. The summed E-state index contributed by atoms with van der Waals surface area (Å²) >= 11 is 1.68. The lowest BCUT2D eigenvalue weighted by Crippen LogP contribution is -1.92. The van der Waals surface area contributed by atoms with E-state index in [1.807, 2.05) is 20.2 Å². The van der Waals surface area contributed by atoms with Gasteiger partial charge in [0.25, 0.3) is 0 Å². The fourth-order valence-electron chi connectivity index (χ4n) is 0.868. The number of nitrogens with zero attached hydrogens (tertiary/aromatic N) is 2. The van der Waals surface area contributed by atoms with Gasteiger partial charge in [0.2, 0.25) is 0 Å². The van der Waals surface area contributed by atoms with Gasteiger partial charge in [-0.15, -0.1) is 0 Å². The highest BCUT2D eigenvalue weighted by atomic mass is 32.2. The summed E-state index contributed by atoms with van der Waals surface area (Å²) in [6.07, 6.45) is 2.04. The molecule has 1 heterocycles. The molecule has 0 aliphatic rings. The first kappa shape index (κ1) is 7.66. The van der Waals surface area contributed by atoms with Crippen molar-refractivity contribution in [3.8, 4) is 0 Å². The van der Waals surface area contributed by atoms with E-state index >= 15 is 0 Å². The number of aryl methyl sites for hydroxylation is 1. The Kier molecular flexibility index (Phi) is 2.04. The number of hydrogen-bond donors (Lipinski definition) is 0. The average Bonchev–Trinajstić information content (AvgIpc) is 2.17. The van der Waals surface area contributed by atoms with Gasteiger partial charge < -0.3 is 4.57 Å². The van der Waals surface area contributed by atoms with Crippen LogP contribution < -0.4 is 0 Å². The van der Waals surface area contributed by atoms with Crippen LogP contribution in [0.15, 0.2) is 5.16 Å². The molecular formula is C7H12N2S. The van der Waals surface area contributed by atoms with E-state index in [9.17, 15) is 0 Å². The van der Waals surface area contributed by atoms with Crippen LogP contribution >= 0.6 is 11.8 Å². The highest BCUT2D eigenvalue weighted by molar-refractivity contribution is 7.98. The summed E-state index contributed by atoms with van der Waals surface area (Å²) in [6, 6.07) is 0. The molecule has 0 unspecified atom stereocenters. The molecule has 0 N–H and O–H groups in total. The highest BCUT2D eigenvalue weighted by Gasteiger charge is 2.04. The third-order valence-corrected chi connectivity index (χ3v) is 2.49. The van der Waals surface area contributed by atoms with Gasteiger partial charge in [0.15, 0.2) is 5.16 Å². The lowest BCUT2D eigenvalue weighted by Gasteiger charge is -1.97. The summed E-state index contributed by atoms with van der Waals surface area (Å²) in [5.41, 5.74) is 2.39. The Hall–Kier alpha value is -0.440. The molecule has 1 aromatic heterocycles. The van der Waals surface area contributed by atoms with Crippen molar-refractivity contribution in [3.63, 3.8) is 0 Å². The predicted octanol–water partition coefficient (Wildman–Crippen LogP) is 1.76. The van der Waals surface area contributed by atoms with Crippen molar-refractivity contribution in [3.05, 3.63) is 11.4 Å². The van der Waals surface area contributed by atoms with Crippen LogP contribution in [0.2, 0.25) is 0 Å². The Balaban J connectivity index is 3.17. The standard InChI is InChI=1S/C7H12N2S/c1-5-6(2)9(3)7(8-5)10-4/h1-4H3. The Bertz CT molecular complexity index is 240. The SMILES string of the molecule is CSc1nc(C)c(C)n1C. The zero-order chi connectivity index (χ0) is 7.72. The smallest absolute Gasteiger partial charge is 0.167 e. The lowest BCUT2D eigenvalue weighted by molar-refractivity contribution is 0.767. The minimum atomic E-state index is 1.09. The minimum absolute atomic E-state index is 1.09. The topological polar surface area (TPSA) is 17.8 Å². The van der Waals surface area contributed by atoms with E-state index in [0.29, 0.717) is 0 Å². The Morgan fingerprint density at radius 3 is 2.20 bits per heavy atom.